The van der Waals surface area contributed by atoms with Crippen molar-refractivity contribution >= 4 is 113 Å². The van der Waals surface area contributed by atoms with Gasteiger partial charge in [0.1, 0.15) is 12.1 Å². The third kappa shape index (κ3) is 19.8. The van der Waals surface area contributed by atoms with Crippen LogP contribution in [0.25, 0.3) is 99.0 Å². The average molecular weight is 1630 g/mol. The maximum Gasteiger partial charge on any atom is 0.101 e. The standard InChI is InChI=1S/C22H20N2S.C21H18N2S.C19H21N3S.C19H17N3S.C18H17N3S/c1-15-10-16(11-15)14-25-22-8-9-24-13-21(22)20-7-6-17(12-23)18-4-2-3-5-19(18)20;1-14-10-16(11-14)24-21-8-9-23-13-20(21)19-7-6-15(12-22)17-4-2-3-5-18(17)19;1-19(2,3)23-17-10-11-20-12-16(17)22-15-7-5-4-6-14(15)18(21-22)13-8-9-13;1-19(2,3)23-17-8-9-21-12-16(17)18-15-7-5-4-6-14(15)13(10-20)11-22-18;1-18(2,3)22-17-8-9-20-11-16(17)21-12-13(10-19)14-6-4-5-7-15(14)21/h2-9,13,15-16H,10-11,14H2,1H3;2-9,13-14,16H,10-11H2,1H3;4-7,10-13H,8-9H2,1-3H3;4-9,11-12H,1-3H3;4-9,11-12H,1-3H3. The third-order valence-corrected chi connectivity index (χ3v) is 26.6. The Labute approximate surface area is 708 Å². The number of thioether (sulfide) groups is 5. The number of pyridine rings is 6. The van der Waals surface area contributed by atoms with Crippen LogP contribution in [0.15, 0.2) is 275 Å². The van der Waals surface area contributed by atoms with E-state index in [2.05, 4.69) is 206 Å². The van der Waals surface area contributed by atoms with Gasteiger partial charge in [0, 0.05) is 167 Å². The van der Waals surface area contributed by atoms with Gasteiger partial charge in [-0.15, -0.1) is 58.8 Å². The molecule has 13 nitrogen and oxygen atoms in total. The molecule has 7 aromatic carbocycles. The molecule has 3 aliphatic carbocycles. The van der Waals surface area contributed by atoms with Crippen LogP contribution in [0.2, 0.25) is 0 Å². The Morgan fingerprint density at radius 1 is 0.385 bits per heavy atom. The summed E-state index contributed by atoms with van der Waals surface area (Å²) in [6.45, 7) is 24.5. The van der Waals surface area contributed by atoms with Gasteiger partial charge in [-0.2, -0.15) is 26.1 Å². The Morgan fingerprint density at radius 2 is 0.812 bits per heavy atom. The zero-order chi connectivity index (χ0) is 82.0. The van der Waals surface area contributed by atoms with Crippen LogP contribution in [0.3, 0.4) is 0 Å². The highest BCUT2D eigenvalue weighted by molar-refractivity contribution is 8.01. The number of fused-ring (bicyclic) bond motifs is 5. The van der Waals surface area contributed by atoms with E-state index >= 15 is 0 Å². The van der Waals surface area contributed by atoms with Gasteiger partial charge in [-0.25, -0.2) is 4.68 Å². The van der Waals surface area contributed by atoms with Gasteiger partial charge < -0.3 is 4.57 Å². The largest absolute Gasteiger partial charge is 0.313 e. The number of benzene rings is 7. The minimum Gasteiger partial charge on any atom is -0.313 e. The van der Waals surface area contributed by atoms with E-state index < -0.39 is 0 Å². The van der Waals surface area contributed by atoms with E-state index in [0.29, 0.717) is 22.3 Å². The van der Waals surface area contributed by atoms with Crippen molar-refractivity contribution in [3.05, 3.63) is 278 Å². The van der Waals surface area contributed by atoms with Crippen molar-refractivity contribution in [2.75, 3.05) is 5.75 Å². The first-order valence-corrected chi connectivity index (χ1v) is 44.0. The fourth-order valence-electron chi connectivity index (χ4n) is 15.0. The SMILES string of the molecule is CC(C)(C)Sc1ccncc1-c1ncc(C#N)c2ccccc12.CC(C)(C)Sc1ccncc1-n1cc(C#N)c2ccccc21.CC(C)(C)Sc1ccncc1-n1nc(C2CC2)c2ccccc21.CC1CC(CSc2ccncc2-c2ccc(C#N)c3ccccc23)C1.CC1CC(Sc2ccncc2-c2ccc(C#N)c3ccccc23)C1. The third-order valence-electron chi connectivity index (χ3n) is 20.4. The minimum absolute atomic E-state index is 0.0957. The van der Waals surface area contributed by atoms with Gasteiger partial charge in [0.25, 0.3) is 0 Å². The highest BCUT2D eigenvalue weighted by atomic mass is 32.2. The average Bonchev–Trinajstić information content (AvgIpc) is 1.67. The summed E-state index contributed by atoms with van der Waals surface area (Å²) in [5.41, 5.74) is 14.8. The molecule has 0 radical (unpaired) electrons. The molecule has 3 saturated carbocycles. The number of aromatic nitrogens is 9. The van der Waals surface area contributed by atoms with E-state index in [1.165, 1.54) is 86.7 Å². The molecule has 0 saturated heterocycles. The molecule has 0 unspecified atom stereocenters. The van der Waals surface area contributed by atoms with E-state index in [-0.39, 0.29) is 14.2 Å². The highest BCUT2D eigenvalue weighted by Crippen LogP contribution is 2.48. The number of hydrogen-bond acceptors (Lipinski definition) is 16. The number of hydrogen-bond donors (Lipinski definition) is 0. The Morgan fingerprint density at radius 3 is 1.34 bits per heavy atom. The lowest BCUT2D eigenvalue weighted by Gasteiger charge is -2.32. The molecule has 8 aromatic heterocycles. The maximum absolute atomic E-state index is 9.39. The second-order valence-electron chi connectivity index (χ2n) is 33.0. The summed E-state index contributed by atoms with van der Waals surface area (Å²) in [6.07, 6.45) is 30.2. The summed E-state index contributed by atoms with van der Waals surface area (Å²) in [4.78, 5) is 32.3. The molecule has 3 aliphatic rings. The molecule has 0 spiro atoms. The molecule has 3 fully saturated rings. The van der Waals surface area contributed by atoms with Crippen LogP contribution < -0.4 is 0 Å². The molecule has 117 heavy (non-hydrogen) atoms. The predicted molar refractivity (Wildman–Crippen MR) is 488 cm³/mol. The molecule has 584 valence electrons. The van der Waals surface area contributed by atoms with Gasteiger partial charge in [-0.3, -0.25) is 29.9 Å². The quantitative estimate of drug-likeness (QED) is 0.0932. The van der Waals surface area contributed by atoms with Crippen molar-refractivity contribution in [3.63, 3.8) is 0 Å². The van der Waals surface area contributed by atoms with Crippen molar-refractivity contribution in [2.45, 2.75) is 165 Å². The number of rotatable bonds is 14. The van der Waals surface area contributed by atoms with Gasteiger partial charge in [0.05, 0.1) is 80.6 Å². The maximum atomic E-state index is 9.39. The summed E-state index contributed by atoms with van der Waals surface area (Å²) in [6, 6.07) is 68.2. The van der Waals surface area contributed by atoms with Crippen LogP contribution in [0.1, 0.15) is 149 Å². The fourth-order valence-corrected chi connectivity index (χ4v) is 20.9. The summed E-state index contributed by atoms with van der Waals surface area (Å²) in [5.74, 6) is 4.40. The van der Waals surface area contributed by atoms with Gasteiger partial charge >= 0.3 is 0 Å². The molecule has 18 heteroatoms. The van der Waals surface area contributed by atoms with Gasteiger partial charge in [0.2, 0.25) is 0 Å². The minimum atomic E-state index is 0.0957. The lowest BCUT2D eigenvalue weighted by atomic mass is 9.77. The van der Waals surface area contributed by atoms with Crippen LogP contribution in [0.5, 0.6) is 0 Å². The first kappa shape index (κ1) is 82.5. The second-order valence-corrected chi connectivity index (χ2v) is 41.0. The van der Waals surface area contributed by atoms with Gasteiger partial charge in [0.15, 0.2) is 0 Å². The highest BCUT2D eigenvalue weighted by Gasteiger charge is 2.32. The topological polar surface area (TPSA) is 195 Å². The van der Waals surface area contributed by atoms with E-state index in [0.717, 1.165) is 116 Å². The smallest absolute Gasteiger partial charge is 0.101 e. The molecule has 0 amide bonds. The number of para-hydroxylation sites is 2. The summed E-state index contributed by atoms with van der Waals surface area (Å²) in [7, 11) is 0. The fraction of sp³-hybridized carbons (Fsp3) is 0.263. The Kier molecular flexibility index (Phi) is 25.8. The molecule has 0 bridgehead atoms. The Hall–Kier alpha value is -11.1. The van der Waals surface area contributed by atoms with Gasteiger partial charge in [-0.1, -0.05) is 197 Å². The van der Waals surface area contributed by atoms with E-state index in [9.17, 15) is 21.0 Å². The summed E-state index contributed by atoms with van der Waals surface area (Å²) in [5, 5.41) is 51.5. The van der Waals surface area contributed by atoms with Crippen LogP contribution in [0.4, 0.5) is 0 Å². The molecule has 0 atom stereocenters. The second kappa shape index (κ2) is 36.6. The van der Waals surface area contributed by atoms with Gasteiger partial charge in [-0.05, 0) is 133 Å². The summed E-state index contributed by atoms with van der Waals surface area (Å²) < 4.78 is 4.51. The van der Waals surface area contributed by atoms with Crippen molar-refractivity contribution in [2.24, 2.45) is 17.8 Å². The molecular weight excluding hydrogens is 1530 g/mol. The molecular formula is C99H93N13S5. The normalized spacial score (nSPS) is 15.6. The van der Waals surface area contributed by atoms with Crippen LogP contribution >= 0.6 is 58.8 Å². The van der Waals surface area contributed by atoms with Crippen molar-refractivity contribution in [3.8, 4) is 69.2 Å². The first-order chi connectivity index (χ1) is 56.5. The molecule has 15 aromatic rings. The van der Waals surface area contributed by atoms with Crippen molar-refractivity contribution in [1.82, 2.24) is 44.3 Å². The number of nitriles is 4. The molecule has 0 aliphatic heterocycles. The van der Waals surface area contributed by atoms with Crippen LogP contribution in [0, 0.1) is 63.1 Å². The summed E-state index contributed by atoms with van der Waals surface area (Å²) >= 11 is 9.37. The van der Waals surface area contributed by atoms with Crippen molar-refractivity contribution < 1.29 is 0 Å². The number of nitrogens with zero attached hydrogens (tertiary/aromatic N) is 13. The Balaban J connectivity index is 0.000000120. The van der Waals surface area contributed by atoms with Crippen LogP contribution in [-0.4, -0.2) is 69.5 Å². The van der Waals surface area contributed by atoms with Crippen LogP contribution in [-0.2, 0) is 0 Å². The molecule has 0 N–H and O–H groups in total. The zero-order valence-corrected chi connectivity index (χ0v) is 71.9. The van der Waals surface area contributed by atoms with E-state index in [1.54, 1.807) is 29.7 Å². The van der Waals surface area contributed by atoms with E-state index in [1.807, 2.05) is 213 Å². The van der Waals surface area contributed by atoms with Crippen molar-refractivity contribution in [1.29, 1.82) is 21.0 Å². The van der Waals surface area contributed by atoms with E-state index in [4.69, 9.17) is 5.10 Å². The lowest BCUT2D eigenvalue weighted by molar-refractivity contribution is 0.238. The lowest BCUT2D eigenvalue weighted by Crippen LogP contribution is -2.23. The first-order valence-electron chi connectivity index (χ1n) is 39.7. The molecule has 8 heterocycles. The Bertz CT molecular complexity index is 6280. The molecule has 18 rings (SSSR count). The monoisotopic (exact) mass is 1620 g/mol. The zero-order valence-electron chi connectivity index (χ0n) is 67.9. The predicted octanol–water partition coefficient (Wildman–Crippen LogP) is 26.6.